The van der Waals surface area contributed by atoms with Crippen molar-refractivity contribution in [2.75, 3.05) is 5.32 Å². The molecule has 2 N–H and O–H groups in total. The van der Waals surface area contributed by atoms with Crippen molar-refractivity contribution in [2.45, 2.75) is 0 Å². The monoisotopic (exact) mass is 339 g/mol. The molecular weight excluding hydrogens is 325 g/mol. The van der Waals surface area contributed by atoms with E-state index < -0.39 is 11.9 Å². The molecule has 25 heavy (non-hydrogen) atoms. The zero-order valence-electron chi connectivity index (χ0n) is 13.3. The number of halogens is 1. The normalized spacial score (nSPS) is 10.5. The minimum absolute atomic E-state index is 0.0684. The predicted molar refractivity (Wildman–Crippen MR) is 90.6 cm³/mol. The van der Waals surface area contributed by atoms with Crippen molar-refractivity contribution in [1.29, 1.82) is 0 Å². The maximum Gasteiger partial charge on any atom is 0.278 e. The van der Waals surface area contributed by atoms with Crippen molar-refractivity contribution < 1.29 is 14.0 Å². The summed E-state index contributed by atoms with van der Waals surface area (Å²) < 4.78 is 14.3. The van der Waals surface area contributed by atoms with Crippen molar-refractivity contribution >= 4 is 28.4 Å². The number of anilines is 1. The van der Waals surface area contributed by atoms with Crippen molar-refractivity contribution in [2.24, 2.45) is 7.05 Å². The third kappa shape index (κ3) is 3.37. The van der Waals surface area contributed by atoms with Gasteiger partial charge in [0.1, 0.15) is 5.69 Å². The number of carbonyl (C=O) groups excluding carboxylic acids is 2. The molecule has 0 aliphatic rings. The minimum Gasteiger partial charge on any atom is -0.321 e. The molecule has 0 spiro atoms. The first-order valence-electron chi connectivity index (χ1n) is 7.30. The molecule has 0 aliphatic carbocycles. The predicted octanol–water partition coefficient (Wildman–Crippen LogP) is 2.39. The number of nitrogens with one attached hydrogen (secondary N) is 2. The molecule has 8 heteroatoms. The van der Waals surface area contributed by atoms with Crippen molar-refractivity contribution in [3.8, 4) is 0 Å². The quantitative estimate of drug-likeness (QED) is 0.714. The van der Waals surface area contributed by atoms with Gasteiger partial charge in [-0.3, -0.25) is 24.6 Å². The van der Waals surface area contributed by atoms with Crippen LogP contribution in [0.15, 0.2) is 55.1 Å². The van der Waals surface area contributed by atoms with Crippen molar-refractivity contribution in [1.82, 2.24) is 20.1 Å². The first-order chi connectivity index (χ1) is 12.0. The van der Waals surface area contributed by atoms with E-state index in [2.05, 4.69) is 22.0 Å². The van der Waals surface area contributed by atoms with Crippen LogP contribution in [0.2, 0.25) is 0 Å². The van der Waals surface area contributed by atoms with Crippen LogP contribution in [0.4, 0.5) is 10.1 Å². The summed E-state index contributed by atoms with van der Waals surface area (Å²) in [6.45, 7) is 3.00. The first-order valence-corrected chi connectivity index (χ1v) is 7.30. The van der Waals surface area contributed by atoms with Crippen molar-refractivity contribution in [3.63, 3.8) is 0 Å². The summed E-state index contributed by atoms with van der Waals surface area (Å²) in [5, 5.41) is 9.33. The lowest BCUT2D eigenvalue weighted by Crippen LogP contribution is -2.21. The maximum absolute atomic E-state index is 12.8. The largest absolute Gasteiger partial charge is 0.321 e. The molecule has 2 amide bonds. The van der Waals surface area contributed by atoms with Gasteiger partial charge in [0.15, 0.2) is 11.6 Å². The van der Waals surface area contributed by atoms with E-state index in [0.717, 1.165) is 0 Å². The Morgan fingerprint density at radius 2 is 2.00 bits per heavy atom. The van der Waals surface area contributed by atoms with E-state index in [0.29, 0.717) is 16.6 Å². The molecule has 2 heterocycles. The third-order valence-corrected chi connectivity index (χ3v) is 3.47. The zero-order valence-corrected chi connectivity index (χ0v) is 13.3. The highest BCUT2D eigenvalue weighted by atomic mass is 19.1. The number of hydrogen-bond acceptors (Lipinski definition) is 4. The number of hydrogen-bond donors (Lipinski definition) is 2. The summed E-state index contributed by atoms with van der Waals surface area (Å²) in [6.07, 6.45) is 1.53. The number of carbonyl (C=O) groups is 2. The minimum atomic E-state index is -0.956. The molecule has 2 aromatic heterocycles. The molecule has 0 saturated carbocycles. The van der Waals surface area contributed by atoms with Gasteiger partial charge in [0.25, 0.3) is 11.8 Å². The zero-order chi connectivity index (χ0) is 18.0. The van der Waals surface area contributed by atoms with Gasteiger partial charge in [-0.15, -0.1) is 0 Å². The van der Waals surface area contributed by atoms with Crippen LogP contribution < -0.4 is 10.6 Å². The Balaban J connectivity index is 1.90. The van der Waals surface area contributed by atoms with Gasteiger partial charge in [0.2, 0.25) is 0 Å². The van der Waals surface area contributed by atoms with Gasteiger partial charge in [-0.2, -0.15) is 9.49 Å². The van der Waals surface area contributed by atoms with E-state index in [9.17, 15) is 14.0 Å². The highest BCUT2D eigenvalue weighted by Crippen LogP contribution is 2.22. The lowest BCUT2D eigenvalue weighted by atomic mass is 10.1. The van der Waals surface area contributed by atoms with Crippen LogP contribution in [-0.2, 0) is 7.05 Å². The Morgan fingerprint density at radius 1 is 1.20 bits per heavy atom. The molecule has 3 aromatic rings. The highest BCUT2D eigenvalue weighted by Gasteiger charge is 2.17. The number of amides is 2. The summed E-state index contributed by atoms with van der Waals surface area (Å²) in [7, 11) is 1.65. The smallest absolute Gasteiger partial charge is 0.278 e. The second-order valence-electron chi connectivity index (χ2n) is 5.23. The fourth-order valence-electron chi connectivity index (χ4n) is 2.38. The van der Waals surface area contributed by atoms with Gasteiger partial charge in [-0.1, -0.05) is 6.07 Å². The average Bonchev–Trinajstić information content (AvgIpc) is 2.92. The fraction of sp³-hybridized carbons (Fsp3) is 0.0588. The van der Waals surface area contributed by atoms with Crippen LogP contribution in [-0.4, -0.2) is 26.6 Å². The van der Waals surface area contributed by atoms with Gasteiger partial charge >= 0.3 is 0 Å². The molecule has 3 rings (SSSR count). The molecule has 0 radical (unpaired) electrons. The van der Waals surface area contributed by atoms with E-state index in [1.807, 2.05) is 5.32 Å². The SMILES string of the molecule is C=C(F)NC(=O)c1nn(C)c2cc(NC(=O)c3ccccn3)ccc12. The Kier molecular flexibility index (Phi) is 4.25. The fourth-order valence-corrected chi connectivity index (χ4v) is 2.38. The molecule has 0 bridgehead atoms. The number of pyridine rings is 1. The van der Waals surface area contributed by atoms with Crippen LogP contribution in [0.5, 0.6) is 0 Å². The van der Waals surface area contributed by atoms with E-state index in [-0.39, 0.29) is 17.3 Å². The summed E-state index contributed by atoms with van der Waals surface area (Å²) >= 11 is 0. The summed E-state index contributed by atoms with van der Waals surface area (Å²) in [6, 6.07) is 9.97. The number of aryl methyl sites for hydroxylation is 1. The van der Waals surface area contributed by atoms with Gasteiger partial charge in [-0.05, 0) is 36.9 Å². The molecule has 126 valence electrons. The van der Waals surface area contributed by atoms with Gasteiger partial charge in [0, 0.05) is 24.3 Å². The number of nitrogens with zero attached hydrogens (tertiary/aromatic N) is 3. The van der Waals surface area contributed by atoms with Crippen LogP contribution in [0.1, 0.15) is 21.0 Å². The van der Waals surface area contributed by atoms with E-state index >= 15 is 0 Å². The number of fused-ring (bicyclic) bond motifs is 1. The topological polar surface area (TPSA) is 88.9 Å². The number of aromatic nitrogens is 3. The van der Waals surface area contributed by atoms with Crippen LogP contribution in [0.25, 0.3) is 10.9 Å². The molecular formula is C17H14FN5O2. The Labute approximate surface area is 142 Å². The van der Waals surface area contributed by atoms with E-state index in [1.165, 1.54) is 10.9 Å². The number of rotatable bonds is 4. The third-order valence-electron chi connectivity index (χ3n) is 3.47. The van der Waals surface area contributed by atoms with E-state index in [1.54, 1.807) is 43.4 Å². The second kappa shape index (κ2) is 6.52. The summed E-state index contributed by atoms with van der Waals surface area (Å²) in [4.78, 5) is 28.1. The van der Waals surface area contributed by atoms with Crippen LogP contribution in [0.3, 0.4) is 0 Å². The van der Waals surface area contributed by atoms with Gasteiger partial charge < -0.3 is 5.32 Å². The molecule has 1 aromatic carbocycles. The first kappa shape index (κ1) is 16.3. The standard InChI is InChI=1S/C17H14FN5O2/c1-10(18)20-17(25)15-12-7-6-11(9-14(12)23(2)22-15)21-16(24)13-5-3-4-8-19-13/h3-9H,1H2,2H3,(H,20,25)(H,21,24). The van der Waals surface area contributed by atoms with Crippen LogP contribution >= 0.6 is 0 Å². The lowest BCUT2D eigenvalue weighted by Gasteiger charge is -2.05. The molecule has 0 aliphatic heterocycles. The van der Waals surface area contributed by atoms with Crippen molar-refractivity contribution in [3.05, 3.63) is 66.5 Å². The molecule has 0 atom stereocenters. The van der Waals surface area contributed by atoms with Gasteiger partial charge in [0.05, 0.1) is 5.52 Å². The second-order valence-corrected chi connectivity index (χ2v) is 5.23. The summed E-state index contributed by atoms with van der Waals surface area (Å²) in [5.41, 5.74) is 1.48. The maximum atomic E-state index is 12.8. The molecule has 0 fully saturated rings. The average molecular weight is 339 g/mol. The van der Waals surface area contributed by atoms with Crippen LogP contribution in [0, 0.1) is 0 Å². The van der Waals surface area contributed by atoms with Gasteiger partial charge in [-0.25, -0.2) is 0 Å². The Morgan fingerprint density at radius 3 is 2.68 bits per heavy atom. The summed E-state index contributed by atoms with van der Waals surface area (Å²) in [5.74, 6) is -2.00. The number of benzene rings is 1. The molecule has 0 unspecified atom stereocenters. The Bertz CT molecular complexity index is 981. The lowest BCUT2D eigenvalue weighted by molar-refractivity contribution is 0.0952. The highest BCUT2D eigenvalue weighted by molar-refractivity contribution is 6.07. The Hall–Kier alpha value is -3.55. The molecule has 0 saturated heterocycles. The van der Waals surface area contributed by atoms with E-state index in [4.69, 9.17) is 0 Å². The molecule has 7 nitrogen and oxygen atoms in total.